The van der Waals surface area contributed by atoms with Crippen molar-refractivity contribution in [2.75, 3.05) is 6.54 Å². The second-order valence-corrected chi connectivity index (χ2v) is 6.05. The van der Waals surface area contributed by atoms with Gasteiger partial charge in [0.1, 0.15) is 5.82 Å². The van der Waals surface area contributed by atoms with Crippen molar-refractivity contribution < 1.29 is 18.7 Å². The molecule has 1 amide bonds. The minimum Gasteiger partial charge on any atom is -0.449 e. The highest BCUT2D eigenvalue weighted by Crippen LogP contribution is 2.19. The van der Waals surface area contributed by atoms with E-state index in [0.29, 0.717) is 13.0 Å². The summed E-state index contributed by atoms with van der Waals surface area (Å²) in [6, 6.07) is 13.4. The molecule has 0 aromatic heterocycles. The highest BCUT2D eigenvalue weighted by atomic mass is 79.9. The third-order valence-electron chi connectivity index (χ3n) is 3.36. The molecule has 0 heterocycles. The Hall–Kier alpha value is -2.21. The molecule has 0 fully saturated rings. The molecule has 4 nitrogen and oxygen atoms in total. The second-order valence-electron chi connectivity index (χ2n) is 5.20. The lowest BCUT2D eigenvalue weighted by Gasteiger charge is -2.14. The molecule has 0 bridgehead atoms. The Kier molecular flexibility index (Phi) is 6.49. The normalized spacial score (nSPS) is 11.6. The first-order valence-corrected chi connectivity index (χ1v) is 8.24. The van der Waals surface area contributed by atoms with Crippen LogP contribution in [0.2, 0.25) is 0 Å². The lowest BCUT2D eigenvalue weighted by Crippen LogP contribution is -2.37. The van der Waals surface area contributed by atoms with Gasteiger partial charge in [0, 0.05) is 11.0 Å². The van der Waals surface area contributed by atoms with Crippen LogP contribution in [0.3, 0.4) is 0 Å². The first-order chi connectivity index (χ1) is 11.5. The van der Waals surface area contributed by atoms with Crippen LogP contribution < -0.4 is 5.32 Å². The molecule has 0 aliphatic carbocycles. The number of ether oxygens (including phenoxy) is 1. The van der Waals surface area contributed by atoms with Gasteiger partial charge in [0.05, 0.1) is 5.56 Å². The summed E-state index contributed by atoms with van der Waals surface area (Å²) >= 11 is 3.10. The Balaban J connectivity index is 1.83. The zero-order chi connectivity index (χ0) is 17.5. The van der Waals surface area contributed by atoms with Gasteiger partial charge in [-0.25, -0.2) is 9.18 Å². The maximum absolute atomic E-state index is 13.0. The van der Waals surface area contributed by atoms with E-state index in [1.807, 2.05) is 30.3 Å². The van der Waals surface area contributed by atoms with E-state index in [0.717, 1.165) is 11.6 Å². The van der Waals surface area contributed by atoms with Gasteiger partial charge in [-0.15, -0.1) is 0 Å². The van der Waals surface area contributed by atoms with E-state index < -0.39 is 17.9 Å². The number of amides is 1. The Labute approximate surface area is 148 Å². The van der Waals surface area contributed by atoms with Crippen molar-refractivity contribution in [3.8, 4) is 0 Å². The van der Waals surface area contributed by atoms with Crippen LogP contribution in [0.15, 0.2) is 53.0 Å². The van der Waals surface area contributed by atoms with E-state index in [9.17, 15) is 14.0 Å². The maximum Gasteiger partial charge on any atom is 0.340 e. The topological polar surface area (TPSA) is 55.4 Å². The fraction of sp³-hybridized carbons (Fsp3) is 0.222. The fourth-order valence-corrected chi connectivity index (χ4v) is 2.56. The SMILES string of the molecule is C[C@H](OC(=O)c1ccc(F)cc1Br)C(=O)NCCc1ccccc1. The smallest absolute Gasteiger partial charge is 0.340 e. The average Bonchev–Trinajstić information content (AvgIpc) is 2.55. The van der Waals surface area contributed by atoms with Gasteiger partial charge in [0.25, 0.3) is 5.91 Å². The van der Waals surface area contributed by atoms with Gasteiger partial charge in [-0.05, 0) is 53.0 Å². The number of esters is 1. The monoisotopic (exact) mass is 393 g/mol. The summed E-state index contributed by atoms with van der Waals surface area (Å²) in [4.78, 5) is 24.0. The van der Waals surface area contributed by atoms with Gasteiger partial charge in [-0.2, -0.15) is 0 Å². The van der Waals surface area contributed by atoms with Crippen LogP contribution in [0.4, 0.5) is 4.39 Å². The predicted octanol–water partition coefficient (Wildman–Crippen LogP) is 3.49. The van der Waals surface area contributed by atoms with Crippen molar-refractivity contribution in [3.63, 3.8) is 0 Å². The molecule has 1 N–H and O–H groups in total. The van der Waals surface area contributed by atoms with E-state index in [1.54, 1.807) is 0 Å². The average molecular weight is 394 g/mol. The molecular weight excluding hydrogens is 377 g/mol. The molecular formula is C18H17BrFNO3. The van der Waals surface area contributed by atoms with Crippen molar-refractivity contribution in [1.29, 1.82) is 0 Å². The summed E-state index contributed by atoms with van der Waals surface area (Å²) in [6.45, 7) is 1.94. The van der Waals surface area contributed by atoms with Crippen LogP contribution >= 0.6 is 15.9 Å². The molecule has 2 aromatic rings. The zero-order valence-corrected chi connectivity index (χ0v) is 14.7. The molecule has 0 saturated carbocycles. The number of halogens is 2. The standard InChI is InChI=1S/C18H17BrFNO3/c1-12(17(22)21-10-9-13-5-3-2-4-6-13)24-18(23)15-8-7-14(20)11-16(15)19/h2-8,11-12H,9-10H2,1H3,(H,21,22)/t12-/m0/s1. The highest BCUT2D eigenvalue weighted by molar-refractivity contribution is 9.10. The van der Waals surface area contributed by atoms with E-state index in [1.165, 1.54) is 19.1 Å². The summed E-state index contributed by atoms with van der Waals surface area (Å²) < 4.78 is 18.4. The molecule has 6 heteroatoms. The number of rotatable bonds is 6. The third kappa shape index (κ3) is 5.16. The van der Waals surface area contributed by atoms with Crippen LogP contribution in [0, 0.1) is 5.82 Å². The Morgan fingerprint density at radius 2 is 1.92 bits per heavy atom. The second kappa shape index (κ2) is 8.59. The summed E-state index contributed by atoms with van der Waals surface area (Å²) in [6.07, 6.45) is -0.248. The lowest BCUT2D eigenvalue weighted by atomic mass is 10.1. The van der Waals surface area contributed by atoms with Crippen molar-refractivity contribution in [1.82, 2.24) is 5.32 Å². The quantitative estimate of drug-likeness (QED) is 0.764. The minimum absolute atomic E-state index is 0.167. The van der Waals surface area contributed by atoms with Gasteiger partial charge >= 0.3 is 5.97 Å². The number of benzene rings is 2. The molecule has 0 aliphatic rings. The summed E-state index contributed by atoms with van der Waals surface area (Å²) in [7, 11) is 0. The first kappa shape index (κ1) is 18.1. The van der Waals surface area contributed by atoms with Crippen LogP contribution in [-0.4, -0.2) is 24.5 Å². The van der Waals surface area contributed by atoms with Gasteiger partial charge in [-0.3, -0.25) is 4.79 Å². The number of hydrogen-bond acceptors (Lipinski definition) is 3. The molecule has 1 atom stereocenters. The predicted molar refractivity (Wildman–Crippen MR) is 92.1 cm³/mol. The molecule has 24 heavy (non-hydrogen) atoms. The number of hydrogen-bond donors (Lipinski definition) is 1. The summed E-state index contributed by atoms with van der Waals surface area (Å²) in [5.41, 5.74) is 1.28. The molecule has 2 rings (SSSR count). The van der Waals surface area contributed by atoms with Gasteiger partial charge in [0.2, 0.25) is 0 Å². The first-order valence-electron chi connectivity index (χ1n) is 7.45. The summed E-state index contributed by atoms with van der Waals surface area (Å²) in [5, 5.41) is 2.72. The van der Waals surface area contributed by atoms with Crippen LogP contribution in [-0.2, 0) is 16.0 Å². The van der Waals surface area contributed by atoms with Gasteiger partial charge in [-0.1, -0.05) is 30.3 Å². The van der Waals surface area contributed by atoms with Crippen molar-refractivity contribution >= 4 is 27.8 Å². The molecule has 0 spiro atoms. The third-order valence-corrected chi connectivity index (χ3v) is 4.02. The van der Waals surface area contributed by atoms with Crippen molar-refractivity contribution in [3.05, 3.63) is 69.9 Å². The van der Waals surface area contributed by atoms with E-state index in [2.05, 4.69) is 21.2 Å². The largest absolute Gasteiger partial charge is 0.449 e. The van der Waals surface area contributed by atoms with Crippen molar-refractivity contribution in [2.24, 2.45) is 0 Å². The Bertz CT molecular complexity index is 721. The number of nitrogens with one attached hydrogen (secondary N) is 1. The van der Waals surface area contributed by atoms with Crippen LogP contribution in [0.25, 0.3) is 0 Å². The van der Waals surface area contributed by atoms with Gasteiger partial charge in [0.15, 0.2) is 6.10 Å². The van der Waals surface area contributed by atoms with E-state index in [-0.39, 0.29) is 15.9 Å². The van der Waals surface area contributed by atoms with Crippen molar-refractivity contribution in [2.45, 2.75) is 19.4 Å². The van der Waals surface area contributed by atoms with E-state index >= 15 is 0 Å². The maximum atomic E-state index is 13.0. The Morgan fingerprint density at radius 1 is 1.21 bits per heavy atom. The number of carbonyl (C=O) groups excluding carboxylic acids is 2. The molecule has 126 valence electrons. The van der Waals surface area contributed by atoms with E-state index in [4.69, 9.17) is 4.74 Å². The highest BCUT2D eigenvalue weighted by Gasteiger charge is 2.20. The molecule has 0 unspecified atom stereocenters. The fourth-order valence-electron chi connectivity index (χ4n) is 2.05. The van der Waals surface area contributed by atoms with Crippen LogP contribution in [0.5, 0.6) is 0 Å². The number of carbonyl (C=O) groups is 2. The molecule has 2 aromatic carbocycles. The zero-order valence-electron chi connectivity index (χ0n) is 13.1. The minimum atomic E-state index is -0.940. The molecule has 0 radical (unpaired) electrons. The Morgan fingerprint density at radius 3 is 2.58 bits per heavy atom. The lowest BCUT2D eigenvalue weighted by molar-refractivity contribution is -0.129. The van der Waals surface area contributed by atoms with Gasteiger partial charge < -0.3 is 10.1 Å². The molecule has 0 aliphatic heterocycles. The van der Waals surface area contributed by atoms with Crippen LogP contribution in [0.1, 0.15) is 22.8 Å². The molecule has 0 saturated heterocycles. The summed E-state index contributed by atoms with van der Waals surface area (Å²) in [5.74, 6) is -1.53.